The van der Waals surface area contributed by atoms with Gasteiger partial charge in [-0.3, -0.25) is 0 Å². The molecule has 20 heavy (non-hydrogen) atoms. The molecular weight excluding hydrogens is 242 g/mol. The van der Waals surface area contributed by atoms with E-state index in [9.17, 15) is 0 Å². The van der Waals surface area contributed by atoms with Crippen LogP contribution >= 0.6 is 0 Å². The number of benzene rings is 1. The van der Waals surface area contributed by atoms with Crippen molar-refractivity contribution in [3.05, 3.63) is 35.9 Å². The maximum atomic E-state index is 3.76. The van der Waals surface area contributed by atoms with E-state index < -0.39 is 0 Å². The molecule has 0 saturated heterocycles. The predicted molar refractivity (Wildman–Crippen MR) is 87.9 cm³/mol. The lowest BCUT2D eigenvalue weighted by molar-refractivity contribution is 0.172. The van der Waals surface area contributed by atoms with Gasteiger partial charge in [0, 0.05) is 6.04 Å². The van der Waals surface area contributed by atoms with Crippen LogP contribution in [-0.4, -0.2) is 12.6 Å². The Hall–Kier alpha value is -0.820. The fourth-order valence-corrected chi connectivity index (χ4v) is 4.07. The van der Waals surface area contributed by atoms with E-state index in [4.69, 9.17) is 0 Å². The Morgan fingerprint density at radius 2 is 1.70 bits per heavy atom. The van der Waals surface area contributed by atoms with E-state index in [2.05, 4.69) is 56.4 Å². The summed E-state index contributed by atoms with van der Waals surface area (Å²) in [6, 6.07) is 11.6. The highest BCUT2D eigenvalue weighted by atomic mass is 14.9. The molecule has 1 N–H and O–H groups in total. The third-order valence-electron chi connectivity index (χ3n) is 4.84. The van der Waals surface area contributed by atoms with Gasteiger partial charge >= 0.3 is 0 Å². The van der Waals surface area contributed by atoms with E-state index in [-0.39, 0.29) is 0 Å². The van der Waals surface area contributed by atoms with Crippen molar-refractivity contribution in [1.29, 1.82) is 0 Å². The molecule has 1 nitrogen and oxygen atoms in total. The van der Waals surface area contributed by atoms with Crippen molar-refractivity contribution in [2.75, 3.05) is 6.54 Å². The summed E-state index contributed by atoms with van der Waals surface area (Å²) in [5, 5.41) is 3.76. The Labute approximate surface area is 125 Å². The van der Waals surface area contributed by atoms with Gasteiger partial charge in [0.05, 0.1) is 0 Å². The Bertz CT molecular complexity index is 363. The Morgan fingerprint density at radius 1 is 1.05 bits per heavy atom. The monoisotopic (exact) mass is 273 g/mol. The standard InChI is InChI=1S/C19H31N/c1-4-20-19(11-10-17-8-6-5-7-9-17)18-13-15(2)12-16(3)14-18/h5-9,15-16,18-20H,4,10-14H2,1-3H3. The van der Waals surface area contributed by atoms with Crippen LogP contribution in [0.2, 0.25) is 0 Å². The van der Waals surface area contributed by atoms with E-state index >= 15 is 0 Å². The molecule has 0 aliphatic heterocycles. The van der Waals surface area contributed by atoms with Gasteiger partial charge in [-0.15, -0.1) is 0 Å². The first kappa shape index (κ1) is 15.6. The molecule has 1 aromatic rings. The van der Waals surface area contributed by atoms with Crippen LogP contribution in [0.1, 0.15) is 52.0 Å². The summed E-state index contributed by atoms with van der Waals surface area (Å²) in [6.45, 7) is 8.20. The number of hydrogen-bond acceptors (Lipinski definition) is 1. The second-order valence-electron chi connectivity index (χ2n) is 6.87. The van der Waals surface area contributed by atoms with Crippen molar-refractivity contribution in [1.82, 2.24) is 5.32 Å². The zero-order valence-electron chi connectivity index (χ0n) is 13.4. The van der Waals surface area contributed by atoms with Gasteiger partial charge < -0.3 is 5.32 Å². The Balaban J connectivity index is 1.92. The minimum Gasteiger partial charge on any atom is -0.314 e. The Kier molecular flexibility index (Phi) is 6.09. The molecule has 1 aliphatic rings. The number of hydrogen-bond donors (Lipinski definition) is 1. The summed E-state index contributed by atoms with van der Waals surface area (Å²) in [7, 11) is 0. The van der Waals surface area contributed by atoms with Crippen LogP contribution in [0, 0.1) is 17.8 Å². The Morgan fingerprint density at radius 3 is 2.30 bits per heavy atom. The molecular formula is C19H31N. The molecule has 1 saturated carbocycles. The lowest BCUT2D eigenvalue weighted by atomic mass is 9.73. The number of aryl methyl sites for hydroxylation is 1. The molecule has 1 heteroatoms. The van der Waals surface area contributed by atoms with Crippen LogP contribution in [0.25, 0.3) is 0 Å². The second kappa shape index (κ2) is 7.83. The van der Waals surface area contributed by atoms with Gasteiger partial charge in [-0.25, -0.2) is 0 Å². The molecule has 3 atom stereocenters. The van der Waals surface area contributed by atoms with Crippen LogP contribution in [0.4, 0.5) is 0 Å². The summed E-state index contributed by atoms with van der Waals surface area (Å²) in [5.41, 5.74) is 1.48. The molecule has 0 aromatic heterocycles. The number of rotatable bonds is 6. The van der Waals surface area contributed by atoms with Crippen LogP contribution in [-0.2, 0) is 6.42 Å². The molecule has 3 unspecified atom stereocenters. The zero-order valence-corrected chi connectivity index (χ0v) is 13.4. The molecule has 0 spiro atoms. The molecule has 0 bridgehead atoms. The van der Waals surface area contributed by atoms with E-state index in [1.54, 1.807) is 0 Å². The minimum atomic E-state index is 0.699. The summed E-state index contributed by atoms with van der Waals surface area (Å²) < 4.78 is 0. The molecule has 0 heterocycles. The van der Waals surface area contributed by atoms with E-state index in [1.807, 2.05) is 0 Å². The van der Waals surface area contributed by atoms with Crippen LogP contribution in [0.15, 0.2) is 30.3 Å². The average molecular weight is 273 g/mol. The molecule has 1 aromatic carbocycles. The van der Waals surface area contributed by atoms with Gasteiger partial charge in [0.25, 0.3) is 0 Å². The SMILES string of the molecule is CCNC(CCc1ccccc1)C1CC(C)CC(C)C1. The van der Waals surface area contributed by atoms with Crippen molar-refractivity contribution < 1.29 is 0 Å². The highest BCUT2D eigenvalue weighted by molar-refractivity contribution is 5.14. The van der Waals surface area contributed by atoms with Gasteiger partial charge in [-0.1, -0.05) is 51.1 Å². The van der Waals surface area contributed by atoms with Crippen molar-refractivity contribution >= 4 is 0 Å². The topological polar surface area (TPSA) is 12.0 Å². The van der Waals surface area contributed by atoms with Crippen molar-refractivity contribution in [3.8, 4) is 0 Å². The molecule has 1 aliphatic carbocycles. The normalized spacial score (nSPS) is 28.2. The quantitative estimate of drug-likeness (QED) is 0.794. The summed E-state index contributed by atoms with van der Waals surface area (Å²) in [5.74, 6) is 2.68. The predicted octanol–water partition coefficient (Wildman–Crippen LogP) is 4.67. The first-order valence-electron chi connectivity index (χ1n) is 8.46. The average Bonchev–Trinajstić information content (AvgIpc) is 2.43. The summed E-state index contributed by atoms with van der Waals surface area (Å²) in [6.07, 6.45) is 6.74. The second-order valence-corrected chi connectivity index (χ2v) is 6.87. The van der Waals surface area contributed by atoms with Crippen LogP contribution < -0.4 is 5.32 Å². The van der Waals surface area contributed by atoms with Gasteiger partial charge in [-0.05, 0) is 62.0 Å². The molecule has 2 rings (SSSR count). The zero-order chi connectivity index (χ0) is 14.4. The minimum absolute atomic E-state index is 0.699. The lowest BCUT2D eigenvalue weighted by Gasteiger charge is -2.37. The maximum absolute atomic E-state index is 3.76. The van der Waals surface area contributed by atoms with Crippen molar-refractivity contribution in [2.24, 2.45) is 17.8 Å². The molecule has 0 amide bonds. The molecule has 0 radical (unpaired) electrons. The maximum Gasteiger partial charge on any atom is 0.00985 e. The van der Waals surface area contributed by atoms with Crippen molar-refractivity contribution in [3.63, 3.8) is 0 Å². The van der Waals surface area contributed by atoms with E-state index in [0.29, 0.717) is 6.04 Å². The third kappa shape index (κ3) is 4.63. The first-order valence-corrected chi connectivity index (χ1v) is 8.46. The third-order valence-corrected chi connectivity index (χ3v) is 4.84. The summed E-state index contributed by atoms with van der Waals surface area (Å²) in [4.78, 5) is 0. The lowest BCUT2D eigenvalue weighted by Crippen LogP contribution is -2.40. The highest BCUT2D eigenvalue weighted by Gasteiger charge is 2.29. The van der Waals surface area contributed by atoms with Crippen LogP contribution in [0.5, 0.6) is 0 Å². The van der Waals surface area contributed by atoms with Crippen LogP contribution in [0.3, 0.4) is 0 Å². The van der Waals surface area contributed by atoms with Gasteiger partial charge in [0.1, 0.15) is 0 Å². The van der Waals surface area contributed by atoms with Crippen molar-refractivity contribution in [2.45, 2.75) is 58.9 Å². The molecule has 1 fully saturated rings. The number of nitrogens with one attached hydrogen (secondary N) is 1. The highest BCUT2D eigenvalue weighted by Crippen LogP contribution is 2.35. The fraction of sp³-hybridized carbons (Fsp3) is 0.684. The van der Waals surface area contributed by atoms with Gasteiger partial charge in [0.2, 0.25) is 0 Å². The first-order chi connectivity index (χ1) is 9.69. The largest absolute Gasteiger partial charge is 0.314 e. The van der Waals surface area contributed by atoms with E-state index in [1.165, 1.54) is 37.7 Å². The molecule has 112 valence electrons. The van der Waals surface area contributed by atoms with Gasteiger partial charge in [-0.2, -0.15) is 0 Å². The fourth-order valence-electron chi connectivity index (χ4n) is 4.07. The van der Waals surface area contributed by atoms with Gasteiger partial charge in [0.15, 0.2) is 0 Å². The summed E-state index contributed by atoms with van der Waals surface area (Å²) >= 11 is 0. The van der Waals surface area contributed by atoms with E-state index in [0.717, 1.165) is 24.3 Å². The smallest absolute Gasteiger partial charge is 0.00985 e.